The fourth-order valence-electron chi connectivity index (χ4n) is 2.69. The van der Waals surface area contributed by atoms with Crippen LogP contribution in [0.5, 0.6) is 5.75 Å². The summed E-state index contributed by atoms with van der Waals surface area (Å²) in [6, 6.07) is 7.90. The molecule has 122 valence electrons. The number of amides is 1. The monoisotopic (exact) mass is 337 g/mol. The molecule has 0 saturated carbocycles. The van der Waals surface area contributed by atoms with Gasteiger partial charge in [-0.3, -0.25) is 4.79 Å². The molecule has 3 nitrogen and oxygen atoms in total. The largest absolute Gasteiger partial charge is 0.435 e. The summed E-state index contributed by atoms with van der Waals surface area (Å²) in [5.41, 5.74) is 1.85. The summed E-state index contributed by atoms with van der Waals surface area (Å²) in [7, 11) is 0. The molecule has 0 bridgehead atoms. The van der Waals surface area contributed by atoms with Crippen LogP contribution in [-0.4, -0.2) is 12.5 Å². The molecule has 1 heterocycles. The van der Waals surface area contributed by atoms with Crippen molar-refractivity contribution in [2.75, 3.05) is 5.32 Å². The maximum absolute atomic E-state index is 12.3. The molecule has 0 fully saturated rings. The zero-order chi connectivity index (χ0) is 16.2. The molecule has 0 radical (unpaired) electrons. The summed E-state index contributed by atoms with van der Waals surface area (Å²) in [4.78, 5) is 14.3. The molecule has 0 aliphatic heterocycles. The SMILES string of the molecule is O=C(Nc1ccc(OC(F)F)cc1)c1cc2c(s1)CCCCC2. The second kappa shape index (κ2) is 7.08. The van der Waals surface area contributed by atoms with Crippen molar-refractivity contribution < 1.29 is 18.3 Å². The van der Waals surface area contributed by atoms with Gasteiger partial charge in [0.25, 0.3) is 5.91 Å². The average Bonchev–Trinajstić information content (AvgIpc) is 2.80. The molecule has 23 heavy (non-hydrogen) atoms. The molecule has 1 aromatic carbocycles. The van der Waals surface area contributed by atoms with E-state index in [1.165, 1.54) is 41.8 Å². The normalized spacial score (nSPS) is 14.2. The third kappa shape index (κ3) is 4.07. The van der Waals surface area contributed by atoms with E-state index in [0.717, 1.165) is 12.8 Å². The number of halogens is 2. The standard InChI is InChI=1S/C17H17F2NO2S/c18-17(19)22-13-8-6-12(7-9-13)20-16(21)15-10-11-4-2-1-3-5-14(11)23-15/h6-10,17H,1-5H2,(H,20,21). The van der Waals surface area contributed by atoms with E-state index in [4.69, 9.17) is 0 Å². The summed E-state index contributed by atoms with van der Waals surface area (Å²) in [5.74, 6) is -0.0913. The number of carbonyl (C=O) groups is 1. The van der Waals surface area contributed by atoms with Crippen LogP contribution in [0.4, 0.5) is 14.5 Å². The first kappa shape index (κ1) is 15.9. The number of hydrogen-bond acceptors (Lipinski definition) is 3. The minimum atomic E-state index is -2.85. The van der Waals surface area contributed by atoms with E-state index in [-0.39, 0.29) is 11.7 Å². The van der Waals surface area contributed by atoms with Gasteiger partial charge in [-0.25, -0.2) is 0 Å². The van der Waals surface area contributed by atoms with Crippen LogP contribution in [0.2, 0.25) is 0 Å². The number of hydrogen-bond donors (Lipinski definition) is 1. The van der Waals surface area contributed by atoms with E-state index in [9.17, 15) is 13.6 Å². The third-order valence-corrected chi connectivity index (χ3v) is 5.04. The Morgan fingerprint density at radius 3 is 2.61 bits per heavy atom. The lowest BCUT2D eigenvalue weighted by Gasteiger charge is -2.06. The number of aryl methyl sites for hydroxylation is 2. The Hall–Kier alpha value is -1.95. The summed E-state index contributed by atoms with van der Waals surface area (Å²) >= 11 is 1.55. The molecule has 0 spiro atoms. The smallest absolute Gasteiger partial charge is 0.387 e. The van der Waals surface area contributed by atoms with Crippen molar-refractivity contribution in [2.24, 2.45) is 0 Å². The number of rotatable bonds is 4. The van der Waals surface area contributed by atoms with Gasteiger partial charge >= 0.3 is 6.61 Å². The number of nitrogens with one attached hydrogen (secondary N) is 1. The topological polar surface area (TPSA) is 38.3 Å². The average molecular weight is 337 g/mol. The van der Waals surface area contributed by atoms with Crippen LogP contribution in [-0.2, 0) is 12.8 Å². The minimum absolute atomic E-state index is 0.0702. The van der Waals surface area contributed by atoms with Gasteiger partial charge in [0.15, 0.2) is 0 Å². The van der Waals surface area contributed by atoms with Gasteiger partial charge in [-0.1, -0.05) is 6.42 Å². The van der Waals surface area contributed by atoms with Crippen LogP contribution < -0.4 is 10.1 Å². The third-order valence-electron chi connectivity index (χ3n) is 3.81. The first-order valence-corrected chi connectivity index (χ1v) is 8.41. The first-order chi connectivity index (χ1) is 11.1. The number of benzene rings is 1. The zero-order valence-electron chi connectivity index (χ0n) is 12.5. The Morgan fingerprint density at radius 1 is 1.13 bits per heavy atom. The van der Waals surface area contributed by atoms with Crippen LogP contribution in [0, 0.1) is 0 Å². The molecule has 1 aliphatic rings. The molecular weight excluding hydrogens is 320 g/mol. The van der Waals surface area contributed by atoms with Crippen molar-refractivity contribution in [3.8, 4) is 5.75 Å². The summed E-state index contributed by atoms with van der Waals surface area (Å²) < 4.78 is 28.5. The number of anilines is 1. The van der Waals surface area contributed by atoms with Crippen LogP contribution in [0.1, 0.15) is 39.4 Å². The van der Waals surface area contributed by atoms with Gasteiger partial charge in [0.2, 0.25) is 0 Å². The lowest BCUT2D eigenvalue weighted by atomic mass is 10.1. The highest BCUT2D eigenvalue weighted by atomic mass is 32.1. The van der Waals surface area contributed by atoms with Gasteiger partial charge in [0.1, 0.15) is 5.75 Å². The number of fused-ring (bicyclic) bond motifs is 1. The van der Waals surface area contributed by atoms with Gasteiger partial charge in [-0.2, -0.15) is 8.78 Å². The highest BCUT2D eigenvalue weighted by Crippen LogP contribution is 2.29. The number of carbonyl (C=O) groups excluding carboxylic acids is 1. The molecule has 1 aliphatic carbocycles. The second-order valence-electron chi connectivity index (χ2n) is 5.48. The van der Waals surface area contributed by atoms with Crippen molar-refractivity contribution in [3.63, 3.8) is 0 Å². The van der Waals surface area contributed by atoms with Crippen molar-refractivity contribution in [3.05, 3.63) is 45.6 Å². The van der Waals surface area contributed by atoms with Gasteiger partial charge in [0.05, 0.1) is 4.88 Å². The van der Waals surface area contributed by atoms with Crippen LogP contribution >= 0.6 is 11.3 Å². The van der Waals surface area contributed by atoms with Crippen molar-refractivity contribution in [2.45, 2.75) is 38.7 Å². The van der Waals surface area contributed by atoms with E-state index in [0.29, 0.717) is 10.6 Å². The molecule has 1 N–H and O–H groups in total. The number of thiophene rings is 1. The predicted molar refractivity (Wildman–Crippen MR) is 86.6 cm³/mol. The molecule has 0 saturated heterocycles. The lowest BCUT2D eigenvalue weighted by Crippen LogP contribution is -2.10. The fourth-order valence-corrected chi connectivity index (χ4v) is 3.84. The molecule has 1 amide bonds. The highest BCUT2D eigenvalue weighted by Gasteiger charge is 2.16. The number of ether oxygens (including phenoxy) is 1. The Balaban J connectivity index is 1.67. The highest BCUT2D eigenvalue weighted by molar-refractivity contribution is 7.14. The molecule has 1 aromatic heterocycles. The van der Waals surface area contributed by atoms with Gasteiger partial charge < -0.3 is 10.1 Å². The van der Waals surface area contributed by atoms with Crippen LogP contribution in [0.25, 0.3) is 0 Å². The summed E-state index contributed by atoms with van der Waals surface area (Å²) in [5, 5.41) is 2.79. The van der Waals surface area contributed by atoms with E-state index < -0.39 is 6.61 Å². The van der Waals surface area contributed by atoms with Crippen molar-refractivity contribution in [1.29, 1.82) is 0 Å². The molecule has 6 heteroatoms. The summed E-state index contributed by atoms with van der Waals surface area (Å²) in [6.45, 7) is -2.85. The first-order valence-electron chi connectivity index (χ1n) is 7.59. The predicted octanol–water partition coefficient (Wildman–Crippen LogP) is 4.87. The number of alkyl halides is 2. The lowest BCUT2D eigenvalue weighted by molar-refractivity contribution is -0.0498. The van der Waals surface area contributed by atoms with E-state index >= 15 is 0 Å². The zero-order valence-corrected chi connectivity index (χ0v) is 13.3. The van der Waals surface area contributed by atoms with Crippen LogP contribution in [0.15, 0.2) is 30.3 Å². The molecule has 0 atom stereocenters. The van der Waals surface area contributed by atoms with Gasteiger partial charge in [0, 0.05) is 10.6 Å². The Labute approximate surface area is 137 Å². The van der Waals surface area contributed by atoms with Crippen LogP contribution in [0.3, 0.4) is 0 Å². The van der Waals surface area contributed by atoms with E-state index in [2.05, 4.69) is 10.1 Å². The maximum atomic E-state index is 12.3. The Bertz CT molecular complexity index is 659. The van der Waals surface area contributed by atoms with Crippen molar-refractivity contribution >= 4 is 22.9 Å². The van der Waals surface area contributed by atoms with Gasteiger partial charge in [-0.15, -0.1) is 11.3 Å². The maximum Gasteiger partial charge on any atom is 0.387 e. The minimum Gasteiger partial charge on any atom is -0.435 e. The summed E-state index contributed by atoms with van der Waals surface area (Å²) in [6.07, 6.45) is 5.69. The second-order valence-corrected chi connectivity index (χ2v) is 6.61. The van der Waals surface area contributed by atoms with E-state index in [1.807, 2.05) is 6.07 Å². The molecule has 3 rings (SSSR count). The Kier molecular flexibility index (Phi) is 4.91. The van der Waals surface area contributed by atoms with Gasteiger partial charge in [-0.05, 0) is 61.6 Å². The molecule has 2 aromatic rings. The molecular formula is C17H17F2NO2S. The fraction of sp³-hybridized carbons (Fsp3) is 0.353. The van der Waals surface area contributed by atoms with Crippen molar-refractivity contribution in [1.82, 2.24) is 0 Å². The molecule has 0 unspecified atom stereocenters. The quantitative estimate of drug-likeness (QED) is 0.808. The van der Waals surface area contributed by atoms with E-state index in [1.54, 1.807) is 23.5 Å². The Morgan fingerprint density at radius 2 is 1.87 bits per heavy atom.